The van der Waals surface area contributed by atoms with Crippen molar-refractivity contribution in [3.8, 4) is 0 Å². The van der Waals surface area contributed by atoms with E-state index < -0.39 is 5.97 Å². The highest BCUT2D eigenvalue weighted by Gasteiger charge is 2.18. The summed E-state index contributed by atoms with van der Waals surface area (Å²) in [6.45, 7) is 5.09. The number of nitrogens with zero attached hydrogens (tertiary/aromatic N) is 1. The highest BCUT2D eigenvalue weighted by atomic mass is 127. The maximum absolute atomic E-state index is 12.5. The van der Waals surface area contributed by atoms with Crippen molar-refractivity contribution in [1.29, 1.82) is 0 Å². The molecule has 0 saturated carbocycles. The van der Waals surface area contributed by atoms with Crippen molar-refractivity contribution in [1.82, 2.24) is 4.57 Å². The monoisotopic (exact) mass is 455 g/mol. The molecule has 25 heavy (non-hydrogen) atoms. The van der Waals surface area contributed by atoms with Gasteiger partial charge in [-0.1, -0.05) is 12.1 Å². The summed E-state index contributed by atoms with van der Waals surface area (Å²) in [6, 6.07) is 8.99. The van der Waals surface area contributed by atoms with Crippen LogP contribution in [0.4, 0.5) is 0 Å². The number of aromatic nitrogens is 1. The maximum atomic E-state index is 12.5. The van der Waals surface area contributed by atoms with Gasteiger partial charge in [-0.3, -0.25) is 4.79 Å². The van der Waals surface area contributed by atoms with E-state index in [0.717, 1.165) is 27.9 Å². The number of aryl methyl sites for hydroxylation is 1. The summed E-state index contributed by atoms with van der Waals surface area (Å²) in [5.41, 5.74) is 2.98. The molecule has 5 nitrogen and oxygen atoms in total. The Morgan fingerprint density at radius 2 is 1.88 bits per heavy atom. The summed E-state index contributed by atoms with van der Waals surface area (Å²) in [5, 5.41) is 0. The van der Waals surface area contributed by atoms with Crippen LogP contribution in [0, 0.1) is 17.4 Å². The number of ketones is 1. The zero-order valence-electron chi connectivity index (χ0n) is 14.7. The van der Waals surface area contributed by atoms with Crippen LogP contribution < -0.4 is 0 Å². The van der Waals surface area contributed by atoms with Crippen LogP contribution in [-0.2, 0) is 16.0 Å². The van der Waals surface area contributed by atoms with E-state index in [0.29, 0.717) is 17.7 Å². The van der Waals surface area contributed by atoms with Crippen molar-refractivity contribution in [2.24, 2.45) is 0 Å². The van der Waals surface area contributed by atoms with Crippen molar-refractivity contribution < 1.29 is 19.1 Å². The topological polar surface area (TPSA) is 57.5 Å². The van der Waals surface area contributed by atoms with Gasteiger partial charge >= 0.3 is 5.97 Å². The summed E-state index contributed by atoms with van der Waals surface area (Å²) in [7, 11) is 1.67. The molecule has 2 rings (SSSR count). The van der Waals surface area contributed by atoms with Gasteiger partial charge in [-0.2, -0.15) is 0 Å². The predicted octanol–water partition coefficient (Wildman–Crippen LogP) is 3.79. The zero-order chi connectivity index (χ0) is 18.4. The number of Topliss-reactive ketones (excluding diaryl/α,β-unsaturated/α-hetero) is 1. The molecule has 6 heteroatoms. The van der Waals surface area contributed by atoms with E-state index in [-0.39, 0.29) is 12.4 Å². The summed E-state index contributed by atoms with van der Waals surface area (Å²) in [4.78, 5) is 24.6. The fourth-order valence-electron chi connectivity index (χ4n) is 2.71. The highest BCUT2D eigenvalue weighted by molar-refractivity contribution is 14.1. The van der Waals surface area contributed by atoms with Gasteiger partial charge < -0.3 is 14.0 Å². The van der Waals surface area contributed by atoms with E-state index >= 15 is 0 Å². The van der Waals surface area contributed by atoms with Crippen LogP contribution in [0.3, 0.4) is 0 Å². The number of methoxy groups -OCH3 is 1. The number of hydrogen-bond donors (Lipinski definition) is 0. The SMILES string of the molecule is COCCCn1c(C)cc(C(=O)COC(=O)c2ccccc2I)c1C. The van der Waals surface area contributed by atoms with E-state index in [2.05, 4.69) is 27.2 Å². The molecule has 1 heterocycles. The Labute approximate surface area is 161 Å². The molecule has 1 aromatic carbocycles. The molecule has 134 valence electrons. The molecule has 0 radical (unpaired) electrons. The lowest BCUT2D eigenvalue weighted by molar-refractivity contribution is 0.0473. The number of carbonyl (C=O) groups is 2. The van der Waals surface area contributed by atoms with E-state index in [4.69, 9.17) is 9.47 Å². The third-order valence-corrected chi connectivity index (χ3v) is 4.97. The molecule has 0 aliphatic rings. The molecule has 0 atom stereocenters. The largest absolute Gasteiger partial charge is 0.454 e. The lowest BCUT2D eigenvalue weighted by Crippen LogP contribution is -2.16. The van der Waals surface area contributed by atoms with E-state index in [1.54, 1.807) is 19.2 Å². The van der Waals surface area contributed by atoms with Crippen LogP contribution in [0.25, 0.3) is 0 Å². The first-order valence-corrected chi connectivity index (χ1v) is 9.14. The molecule has 0 spiro atoms. The minimum Gasteiger partial charge on any atom is -0.454 e. The standard InChI is InChI=1S/C19H22INO4/c1-13-11-16(14(2)21(13)9-6-10-24-3)18(22)12-25-19(23)15-7-4-5-8-17(15)20/h4-5,7-8,11H,6,9-10,12H2,1-3H3. The number of halogens is 1. The normalized spacial score (nSPS) is 10.7. The van der Waals surface area contributed by atoms with Gasteiger partial charge in [-0.05, 0) is 61.1 Å². The lowest BCUT2D eigenvalue weighted by atomic mass is 10.1. The van der Waals surface area contributed by atoms with Gasteiger partial charge in [0.15, 0.2) is 6.61 Å². The van der Waals surface area contributed by atoms with Crippen LogP contribution in [0.5, 0.6) is 0 Å². The molecule has 0 unspecified atom stereocenters. The lowest BCUT2D eigenvalue weighted by Gasteiger charge is -2.09. The van der Waals surface area contributed by atoms with Crippen LogP contribution in [0.2, 0.25) is 0 Å². The average molecular weight is 455 g/mol. The van der Waals surface area contributed by atoms with Crippen LogP contribution in [-0.4, -0.2) is 36.6 Å². The summed E-state index contributed by atoms with van der Waals surface area (Å²) < 4.78 is 13.2. The molecular weight excluding hydrogens is 433 g/mol. The maximum Gasteiger partial charge on any atom is 0.339 e. The van der Waals surface area contributed by atoms with Crippen LogP contribution >= 0.6 is 22.6 Å². The van der Waals surface area contributed by atoms with Gasteiger partial charge in [-0.25, -0.2) is 4.79 Å². The molecule has 0 aliphatic heterocycles. The van der Waals surface area contributed by atoms with Crippen molar-refractivity contribution in [2.75, 3.05) is 20.3 Å². The number of benzene rings is 1. The third kappa shape index (κ3) is 4.92. The van der Waals surface area contributed by atoms with Crippen LogP contribution in [0.1, 0.15) is 38.5 Å². The molecule has 0 N–H and O–H groups in total. The molecule has 1 aromatic heterocycles. The van der Waals surface area contributed by atoms with Crippen molar-refractivity contribution >= 4 is 34.3 Å². The molecule has 0 bridgehead atoms. The van der Waals surface area contributed by atoms with Gasteiger partial charge in [0.05, 0.1) is 5.56 Å². The number of ether oxygens (including phenoxy) is 2. The molecule has 2 aromatic rings. The Morgan fingerprint density at radius 1 is 1.16 bits per heavy atom. The number of carbonyl (C=O) groups excluding carboxylic acids is 2. The van der Waals surface area contributed by atoms with Crippen molar-refractivity contribution in [3.05, 3.63) is 56.4 Å². The van der Waals surface area contributed by atoms with Crippen molar-refractivity contribution in [3.63, 3.8) is 0 Å². The Balaban J connectivity index is 2.02. The molecule has 0 saturated heterocycles. The second-order valence-electron chi connectivity index (χ2n) is 5.76. The smallest absolute Gasteiger partial charge is 0.339 e. The molecular formula is C19H22INO4. The fourth-order valence-corrected chi connectivity index (χ4v) is 3.32. The Hall–Kier alpha value is -1.67. The predicted molar refractivity (Wildman–Crippen MR) is 104 cm³/mol. The highest BCUT2D eigenvalue weighted by Crippen LogP contribution is 2.17. The Morgan fingerprint density at radius 3 is 2.56 bits per heavy atom. The minimum absolute atomic E-state index is 0.189. The number of rotatable bonds is 8. The summed E-state index contributed by atoms with van der Waals surface area (Å²) in [6.07, 6.45) is 0.877. The first-order chi connectivity index (χ1) is 12.0. The average Bonchev–Trinajstić information content (AvgIpc) is 2.88. The number of esters is 1. The second kappa shape index (κ2) is 9.15. The summed E-state index contributed by atoms with van der Waals surface area (Å²) in [5.74, 6) is -0.669. The Kier molecular flexibility index (Phi) is 7.19. The van der Waals surface area contributed by atoms with Gasteiger partial charge in [-0.15, -0.1) is 0 Å². The zero-order valence-corrected chi connectivity index (χ0v) is 16.8. The fraction of sp³-hybridized carbons (Fsp3) is 0.368. The first kappa shape index (κ1) is 19.7. The molecule has 0 aliphatic carbocycles. The van der Waals surface area contributed by atoms with E-state index in [9.17, 15) is 9.59 Å². The van der Waals surface area contributed by atoms with E-state index in [1.807, 2.05) is 32.0 Å². The number of hydrogen-bond acceptors (Lipinski definition) is 4. The van der Waals surface area contributed by atoms with E-state index in [1.165, 1.54) is 0 Å². The molecule has 0 fully saturated rings. The third-order valence-electron chi connectivity index (χ3n) is 4.03. The van der Waals surface area contributed by atoms with Gasteiger partial charge in [0, 0.05) is 40.8 Å². The van der Waals surface area contributed by atoms with Gasteiger partial charge in [0.1, 0.15) is 0 Å². The quantitative estimate of drug-likeness (QED) is 0.263. The minimum atomic E-state index is -0.479. The van der Waals surface area contributed by atoms with Gasteiger partial charge in [0.2, 0.25) is 5.78 Å². The van der Waals surface area contributed by atoms with Crippen molar-refractivity contribution in [2.45, 2.75) is 26.8 Å². The summed E-state index contributed by atoms with van der Waals surface area (Å²) >= 11 is 2.07. The second-order valence-corrected chi connectivity index (χ2v) is 6.92. The van der Waals surface area contributed by atoms with Crippen LogP contribution in [0.15, 0.2) is 30.3 Å². The Bertz CT molecular complexity index is 767. The van der Waals surface area contributed by atoms with Gasteiger partial charge in [0.25, 0.3) is 0 Å². The molecule has 0 amide bonds. The first-order valence-electron chi connectivity index (χ1n) is 8.06.